The van der Waals surface area contributed by atoms with Crippen molar-refractivity contribution in [2.24, 2.45) is 0 Å². The second-order valence-electron chi connectivity index (χ2n) is 4.82. The number of rotatable bonds is 6. The van der Waals surface area contributed by atoms with Gasteiger partial charge in [-0.25, -0.2) is 4.98 Å². The lowest BCUT2D eigenvalue weighted by Gasteiger charge is -2.10. The van der Waals surface area contributed by atoms with E-state index in [-0.39, 0.29) is 0 Å². The first-order valence-electron chi connectivity index (χ1n) is 7.08. The largest absolute Gasteiger partial charge is 0.354 e. The fourth-order valence-electron chi connectivity index (χ4n) is 1.90. The molecule has 5 nitrogen and oxygen atoms in total. The van der Waals surface area contributed by atoms with Gasteiger partial charge in [-0.05, 0) is 31.5 Å². The molecule has 0 saturated heterocycles. The zero-order valence-corrected chi connectivity index (χ0v) is 12.3. The molecule has 0 aliphatic carbocycles. The van der Waals surface area contributed by atoms with Crippen molar-refractivity contribution in [3.8, 4) is 6.07 Å². The maximum Gasteiger partial charge on any atom is 0.224 e. The molecule has 1 heterocycles. The standard InChI is InChI=1S/C16H19N5/c1-3-4-8-18-16-19-12(2)9-15(21-16)20-14-7-5-6-13(10-14)11-17/h5-7,9-10H,3-4,8H2,1-2H3,(H2,18,19,20,21). The molecule has 1 aromatic carbocycles. The normalized spacial score (nSPS) is 9.95. The molecular weight excluding hydrogens is 262 g/mol. The quantitative estimate of drug-likeness (QED) is 0.791. The van der Waals surface area contributed by atoms with Gasteiger partial charge in [0.15, 0.2) is 0 Å². The Morgan fingerprint density at radius 3 is 2.86 bits per heavy atom. The molecule has 5 heteroatoms. The Morgan fingerprint density at radius 2 is 2.10 bits per heavy atom. The second-order valence-corrected chi connectivity index (χ2v) is 4.82. The van der Waals surface area contributed by atoms with Gasteiger partial charge in [0.2, 0.25) is 5.95 Å². The van der Waals surface area contributed by atoms with Gasteiger partial charge in [0.1, 0.15) is 5.82 Å². The molecule has 2 rings (SSSR count). The highest BCUT2D eigenvalue weighted by atomic mass is 15.1. The molecule has 21 heavy (non-hydrogen) atoms. The van der Waals surface area contributed by atoms with Crippen molar-refractivity contribution in [1.82, 2.24) is 9.97 Å². The van der Waals surface area contributed by atoms with Gasteiger partial charge in [-0.15, -0.1) is 0 Å². The minimum absolute atomic E-state index is 0.618. The van der Waals surface area contributed by atoms with Gasteiger partial charge in [0, 0.05) is 24.0 Å². The summed E-state index contributed by atoms with van der Waals surface area (Å²) >= 11 is 0. The molecule has 0 radical (unpaired) electrons. The second kappa shape index (κ2) is 7.25. The Morgan fingerprint density at radius 1 is 1.24 bits per heavy atom. The molecule has 0 aliphatic rings. The number of benzene rings is 1. The van der Waals surface area contributed by atoms with Crippen LogP contribution in [0.25, 0.3) is 0 Å². The van der Waals surface area contributed by atoms with E-state index in [0.29, 0.717) is 11.5 Å². The smallest absolute Gasteiger partial charge is 0.224 e. The van der Waals surface area contributed by atoms with Crippen molar-refractivity contribution in [1.29, 1.82) is 5.26 Å². The SMILES string of the molecule is CCCCNc1nc(C)cc(Nc2cccc(C#N)c2)n1. The highest BCUT2D eigenvalue weighted by molar-refractivity contribution is 5.59. The third-order valence-corrected chi connectivity index (χ3v) is 2.93. The molecule has 1 aromatic heterocycles. The topological polar surface area (TPSA) is 73.6 Å². The number of aryl methyl sites for hydroxylation is 1. The van der Waals surface area contributed by atoms with Crippen LogP contribution >= 0.6 is 0 Å². The van der Waals surface area contributed by atoms with Crippen LogP contribution in [0, 0.1) is 18.3 Å². The molecule has 0 spiro atoms. The number of hydrogen-bond acceptors (Lipinski definition) is 5. The van der Waals surface area contributed by atoms with Crippen LogP contribution in [-0.2, 0) is 0 Å². The number of hydrogen-bond donors (Lipinski definition) is 2. The lowest BCUT2D eigenvalue weighted by molar-refractivity contribution is 0.825. The summed E-state index contributed by atoms with van der Waals surface area (Å²) in [5.74, 6) is 1.35. The Balaban J connectivity index is 2.13. The van der Waals surface area contributed by atoms with Crippen molar-refractivity contribution < 1.29 is 0 Å². The molecule has 0 unspecified atom stereocenters. The maximum absolute atomic E-state index is 8.92. The van der Waals surface area contributed by atoms with E-state index in [2.05, 4.69) is 33.6 Å². The monoisotopic (exact) mass is 281 g/mol. The number of nitrogens with zero attached hydrogens (tertiary/aromatic N) is 3. The molecule has 0 fully saturated rings. The van der Waals surface area contributed by atoms with Gasteiger partial charge >= 0.3 is 0 Å². The van der Waals surface area contributed by atoms with Gasteiger partial charge < -0.3 is 10.6 Å². The van der Waals surface area contributed by atoms with E-state index in [9.17, 15) is 0 Å². The first-order chi connectivity index (χ1) is 10.2. The molecular formula is C16H19N5. The lowest BCUT2D eigenvalue weighted by Crippen LogP contribution is -2.07. The Bertz CT molecular complexity index is 645. The number of anilines is 3. The van der Waals surface area contributed by atoms with Crippen LogP contribution in [0.3, 0.4) is 0 Å². The van der Waals surface area contributed by atoms with E-state index in [4.69, 9.17) is 5.26 Å². The Labute approximate surface area is 125 Å². The summed E-state index contributed by atoms with van der Waals surface area (Å²) in [6.45, 7) is 4.95. The van der Waals surface area contributed by atoms with Gasteiger partial charge in [-0.1, -0.05) is 19.4 Å². The number of unbranched alkanes of at least 4 members (excludes halogenated alkanes) is 1. The highest BCUT2D eigenvalue weighted by Crippen LogP contribution is 2.17. The van der Waals surface area contributed by atoms with Gasteiger partial charge in [-0.2, -0.15) is 10.2 Å². The summed E-state index contributed by atoms with van der Waals surface area (Å²) in [4.78, 5) is 8.81. The molecule has 2 N–H and O–H groups in total. The fourth-order valence-corrected chi connectivity index (χ4v) is 1.90. The average Bonchev–Trinajstić information content (AvgIpc) is 2.47. The maximum atomic E-state index is 8.92. The highest BCUT2D eigenvalue weighted by Gasteiger charge is 2.03. The van der Waals surface area contributed by atoms with E-state index in [0.717, 1.165) is 36.6 Å². The van der Waals surface area contributed by atoms with E-state index < -0.39 is 0 Å². The zero-order valence-electron chi connectivity index (χ0n) is 12.3. The summed E-state index contributed by atoms with van der Waals surface area (Å²) < 4.78 is 0. The van der Waals surface area contributed by atoms with Gasteiger partial charge in [0.05, 0.1) is 11.6 Å². The Kier molecular flexibility index (Phi) is 5.10. The third kappa shape index (κ3) is 4.46. The number of nitrogens with one attached hydrogen (secondary N) is 2. The van der Waals surface area contributed by atoms with Crippen molar-refractivity contribution in [3.63, 3.8) is 0 Å². The molecule has 0 saturated carbocycles. The zero-order chi connectivity index (χ0) is 15.1. The van der Waals surface area contributed by atoms with Crippen LogP contribution in [0.1, 0.15) is 31.0 Å². The van der Waals surface area contributed by atoms with Crippen LogP contribution in [0.5, 0.6) is 0 Å². The van der Waals surface area contributed by atoms with Crippen molar-refractivity contribution in [2.45, 2.75) is 26.7 Å². The van der Waals surface area contributed by atoms with E-state index >= 15 is 0 Å². The molecule has 0 bridgehead atoms. The van der Waals surface area contributed by atoms with Crippen LogP contribution in [0.2, 0.25) is 0 Å². The van der Waals surface area contributed by atoms with Crippen molar-refractivity contribution >= 4 is 17.5 Å². The van der Waals surface area contributed by atoms with E-state index in [1.807, 2.05) is 25.1 Å². The summed E-state index contributed by atoms with van der Waals surface area (Å²) in [5, 5.41) is 15.4. The number of aromatic nitrogens is 2. The number of nitriles is 1. The third-order valence-electron chi connectivity index (χ3n) is 2.93. The van der Waals surface area contributed by atoms with Crippen LogP contribution in [0.4, 0.5) is 17.5 Å². The van der Waals surface area contributed by atoms with Gasteiger partial charge in [-0.3, -0.25) is 0 Å². The predicted octanol–water partition coefficient (Wildman–Crippen LogP) is 3.61. The molecule has 108 valence electrons. The van der Waals surface area contributed by atoms with Crippen LogP contribution in [0.15, 0.2) is 30.3 Å². The van der Waals surface area contributed by atoms with Crippen LogP contribution in [-0.4, -0.2) is 16.5 Å². The van der Waals surface area contributed by atoms with Crippen molar-refractivity contribution in [3.05, 3.63) is 41.6 Å². The predicted molar refractivity (Wildman–Crippen MR) is 84.6 cm³/mol. The molecule has 0 amide bonds. The summed E-state index contributed by atoms with van der Waals surface area (Å²) in [7, 11) is 0. The van der Waals surface area contributed by atoms with Crippen LogP contribution < -0.4 is 10.6 Å². The average molecular weight is 281 g/mol. The first kappa shape index (κ1) is 14.8. The minimum atomic E-state index is 0.618. The van der Waals surface area contributed by atoms with E-state index in [1.165, 1.54) is 0 Å². The Hall–Kier alpha value is -2.61. The first-order valence-corrected chi connectivity index (χ1v) is 7.08. The van der Waals surface area contributed by atoms with E-state index in [1.54, 1.807) is 12.1 Å². The minimum Gasteiger partial charge on any atom is -0.354 e. The molecule has 2 aromatic rings. The summed E-state index contributed by atoms with van der Waals surface area (Å²) in [5.41, 5.74) is 2.35. The lowest BCUT2D eigenvalue weighted by atomic mass is 10.2. The molecule has 0 atom stereocenters. The fraction of sp³-hybridized carbons (Fsp3) is 0.312. The summed E-state index contributed by atoms with van der Waals surface area (Å²) in [6, 6.07) is 11.3. The van der Waals surface area contributed by atoms with Crippen molar-refractivity contribution in [2.75, 3.05) is 17.2 Å². The molecule has 0 aliphatic heterocycles. The van der Waals surface area contributed by atoms with Gasteiger partial charge in [0.25, 0.3) is 0 Å². The summed E-state index contributed by atoms with van der Waals surface area (Å²) in [6.07, 6.45) is 2.22.